The fourth-order valence-corrected chi connectivity index (χ4v) is 2.45. The Balaban J connectivity index is 1.98. The number of rotatable bonds is 3. The molecule has 0 aromatic heterocycles. The van der Waals surface area contributed by atoms with E-state index >= 15 is 0 Å². The second kappa shape index (κ2) is 6.65. The van der Waals surface area contributed by atoms with Gasteiger partial charge in [0.15, 0.2) is 5.78 Å². The number of ether oxygens (including phenoxy) is 1. The molecule has 1 amide bonds. The lowest BCUT2D eigenvalue weighted by Crippen LogP contribution is -2.40. The molecule has 0 unspecified atom stereocenters. The van der Waals surface area contributed by atoms with Gasteiger partial charge in [-0.3, -0.25) is 4.79 Å². The predicted octanol–water partition coefficient (Wildman–Crippen LogP) is 3.02. The Kier molecular flexibility index (Phi) is 4.88. The van der Waals surface area contributed by atoms with Crippen molar-refractivity contribution in [2.45, 2.75) is 19.8 Å². The molecule has 1 aliphatic heterocycles. The molecule has 6 heteroatoms. The van der Waals surface area contributed by atoms with E-state index in [-0.39, 0.29) is 17.3 Å². The van der Waals surface area contributed by atoms with Gasteiger partial charge in [0, 0.05) is 25.1 Å². The van der Waals surface area contributed by atoms with E-state index in [9.17, 15) is 18.4 Å². The third kappa shape index (κ3) is 3.56. The molecule has 0 N–H and O–H groups in total. The summed E-state index contributed by atoms with van der Waals surface area (Å²) in [6.45, 7) is 2.83. The maximum atomic E-state index is 13.6. The number of hydrogen-bond donors (Lipinski definition) is 0. The second-order valence-electron chi connectivity index (χ2n) is 4.95. The SMILES string of the molecule is CCOC(=O)N1CCC(C(=O)c2ccc(F)cc2F)CC1. The van der Waals surface area contributed by atoms with E-state index in [1.54, 1.807) is 6.92 Å². The monoisotopic (exact) mass is 297 g/mol. The van der Waals surface area contributed by atoms with Crippen molar-refractivity contribution < 1.29 is 23.1 Å². The van der Waals surface area contributed by atoms with Gasteiger partial charge < -0.3 is 9.64 Å². The molecule has 1 saturated heterocycles. The minimum atomic E-state index is -0.840. The lowest BCUT2D eigenvalue weighted by molar-refractivity contribution is 0.0750. The minimum absolute atomic E-state index is 0.0917. The summed E-state index contributed by atoms with van der Waals surface area (Å²) in [5.74, 6) is -2.24. The van der Waals surface area contributed by atoms with Crippen LogP contribution in [0.3, 0.4) is 0 Å². The number of ketones is 1. The van der Waals surface area contributed by atoms with E-state index in [0.29, 0.717) is 38.6 Å². The topological polar surface area (TPSA) is 46.6 Å². The highest BCUT2D eigenvalue weighted by atomic mass is 19.1. The molecular weight excluding hydrogens is 280 g/mol. The molecule has 114 valence electrons. The van der Waals surface area contributed by atoms with Crippen LogP contribution in [0.2, 0.25) is 0 Å². The third-order valence-electron chi connectivity index (χ3n) is 3.59. The van der Waals surface area contributed by atoms with Crippen molar-refractivity contribution in [3.8, 4) is 0 Å². The zero-order valence-electron chi connectivity index (χ0n) is 11.8. The van der Waals surface area contributed by atoms with Crippen molar-refractivity contribution in [1.29, 1.82) is 0 Å². The molecule has 1 aromatic carbocycles. The van der Waals surface area contributed by atoms with Gasteiger partial charge >= 0.3 is 6.09 Å². The maximum absolute atomic E-state index is 13.6. The first-order chi connectivity index (χ1) is 10.0. The van der Waals surface area contributed by atoms with Crippen LogP contribution in [0.25, 0.3) is 0 Å². The molecule has 0 spiro atoms. The highest BCUT2D eigenvalue weighted by Gasteiger charge is 2.29. The largest absolute Gasteiger partial charge is 0.450 e. The maximum Gasteiger partial charge on any atom is 0.409 e. The van der Waals surface area contributed by atoms with Gasteiger partial charge in [-0.15, -0.1) is 0 Å². The Morgan fingerprint density at radius 1 is 1.29 bits per heavy atom. The molecule has 2 rings (SSSR count). The van der Waals surface area contributed by atoms with Crippen molar-refractivity contribution in [1.82, 2.24) is 4.90 Å². The zero-order chi connectivity index (χ0) is 15.4. The second-order valence-corrected chi connectivity index (χ2v) is 4.95. The number of hydrogen-bond acceptors (Lipinski definition) is 3. The Bertz CT molecular complexity index is 540. The van der Waals surface area contributed by atoms with Gasteiger partial charge in [0.2, 0.25) is 0 Å². The summed E-state index contributed by atoms with van der Waals surface area (Å²) in [6.07, 6.45) is 0.513. The molecule has 1 aromatic rings. The van der Waals surface area contributed by atoms with Crippen LogP contribution in [0, 0.1) is 17.6 Å². The van der Waals surface area contributed by atoms with Crippen LogP contribution >= 0.6 is 0 Å². The van der Waals surface area contributed by atoms with E-state index < -0.39 is 17.7 Å². The molecule has 0 saturated carbocycles. The fourth-order valence-electron chi connectivity index (χ4n) is 2.45. The highest BCUT2D eigenvalue weighted by molar-refractivity contribution is 5.98. The lowest BCUT2D eigenvalue weighted by Gasteiger charge is -2.30. The van der Waals surface area contributed by atoms with Gasteiger partial charge in [-0.1, -0.05) is 0 Å². The van der Waals surface area contributed by atoms with Gasteiger partial charge in [0.25, 0.3) is 0 Å². The smallest absolute Gasteiger partial charge is 0.409 e. The summed E-state index contributed by atoms with van der Waals surface area (Å²) in [7, 11) is 0. The quantitative estimate of drug-likeness (QED) is 0.806. The number of Topliss-reactive ketones (excluding diaryl/α,β-unsaturated/α-hetero) is 1. The summed E-state index contributed by atoms with van der Waals surface area (Å²) in [6, 6.07) is 2.95. The van der Waals surface area contributed by atoms with Crippen LogP contribution < -0.4 is 0 Å². The van der Waals surface area contributed by atoms with E-state index in [4.69, 9.17) is 4.74 Å². The van der Waals surface area contributed by atoms with Gasteiger partial charge in [0.05, 0.1) is 12.2 Å². The van der Waals surface area contributed by atoms with Crippen molar-refractivity contribution in [2.75, 3.05) is 19.7 Å². The van der Waals surface area contributed by atoms with E-state index in [0.717, 1.165) is 6.07 Å². The number of carbonyl (C=O) groups is 2. The number of amides is 1. The molecular formula is C15H17F2NO3. The standard InChI is InChI=1S/C15H17F2NO3/c1-2-21-15(20)18-7-5-10(6-8-18)14(19)12-4-3-11(16)9-13(12)17/h3-4,9-10H,2,5-8H2,1H3. The number of benzene rings is 1. The summed E-state index contributed by atoms with van der Waals surface area (Å²) in [4.78, 5) is 25.3. The Morgan fingerprint density at radius 3 is 2.52 bits per heavy atom. The number of nitrogens with zero attached hydrogens (tertiary/aromatic N) is 1. The zero-order valence-corrected chi connectivity index (χ0v) is 11.8. The first-order valence-corrected chi connectivity index (χ1v) is 6.94. The lowest BCUT2D eigenvalue weighted by atomic mass is 9.89. The Hall–Kier alpha value is -1.98. The van der Waals surface area contributed by atoms with Crippen molar-refractivity contribution >= 4 is 11.9 Å². The molecule has 0 atom stereocenters. The number of halogens is 2. The van der Waals surface area contributed by atoms with Crippen LogP contribution in [0.4, 0.5) is 13.6 Å². The van der Waals surface area contributed by atoms with Gasteiger partial charge in [-0.05, 0) is 31.9 Å². The van der Waals surface area contributed by atoms with Crippen LogP contribution in [-0.4, -0.2) is 36.5 Å². The molecule has 1 fully saturated rings. The number of likely N-dealkylation sites (tertiary alicyclic amines) is 1. The summed E-state index contributed by atoms with van der Waals surface area (Å²) >= 11 is 0. The van der Waals surface area contributed by atoms with Crippen LogP contribution in [0.1, 0.15) is 30.1 Å². The molecule has 0 bridgehead atoms. The van der Waals surface area contributed by atoms with Crippen LogP contribution in [0.15, 0.2) is 18.2 Å². The number of carbonyl (C=O) groups excluding carboxylic acids is 2. The van der Waals surface area contributed by atoms with Crippen molar-refractivity contribution in [2.24, 2.45) is 5.92 Å². The molecule has 21 heavy (non-hydrogen) atoms. The molecule has 1 heterocycles. The summed E-state index contributed by atoms with van der Waals surface area (Å²) < 4.78 is 31.4. The summed E-state index contributed by atoms with van der Waals surface area (Å²) in [5, 5.41) is 0. The molecule has 4 nitrogen and oxygen atoms in total. The van der Waals surface area contributed by atoms with Crippen LogP contribution in [-0.2, 0) is 4.74 Å². The number of piperidine rings is 1. The molecule has 0 radical (unpaired) electrons. The van der Waals surface area contributed by atoms with E-state index in [2.05, 4.69) is 0 Å². The van der Waals surface area contributed by atoms with Gasteiger partial charge in [0.1, 0.15) is 11.6 Å². The fraction of sp³-hybridized carbons (Fsp3) is 0.467. The normalized spacial score (nSPS) is 15.9. The Labute approximate surface area is 121 Å². The first kappa shape index (κ1) is 15.4. The van der Waals surface area contributed by atoms with Crippen molar-refractivity contribution in [3.05, 3.63) is 35.4 Å². The first-order valence-electron chi connectivity index (χ1n) is 6.94. The van der Waals surface area contributed by atoms with Gasteiger partial charge in [-0.25, -0.2) is 13.6 Å². The molecule has 1 aliphatic rings. The van der Waals surface area contributed by atoms with Crippen molar-refractivity contribution in [3.63, 3.8) is 0 Å². The molecule has 0 aliphatic carbocycles. The minimum Gasteiger partial charge on any atom is -0.450 e. The third-order valence-corrected chi connectivity index (χ3v) is 3.59. The highest BCUT2D eigenvalue weighted by Crippen LogP contribution is 2.23. The Morgan fingerprint density at radius 2 is 1.95 bits per heavy atom. The average Bonchev–Trinajstić information content (AvgIpc) is 2.47. The summed E-state index contributed by atoms with van der Waals surface area (Å²) in [5.41, 5.74) is -0.0917. The van der Waals surface area contributed by atoms with E-state index in [1.807, 2.05) is 0 Å². The van der Waals surface area contributed by atoms with Gasteiger partial charge in [-0.2, -0.15) is 0 Å². The van der Waals surface area contributed by atoms with E-state index in [1.165, 1.54) is 11.0 Å². The predicted molar refractivity (Wildman–Crippen MR) is 72.0 cm³/mol. The van der Waals surface area contributed by atoms with Crippen LogP contribution in [0.5, 0.6) is 0 Å². The average molecular weight is 297 g/mol.